The van der Waals surface area contributed by atoms with Crippen LogP contribution in [0.25, 0.3) is 0 Å². The predicted octanol–water partition coefficient (Wildman–Crippen LogP) is 2.28. The van der Waals surface area contributed by atoms with E-state index in [1.165, 1.54) is 17.1 Å². The van der Waals surface area contributed by atoms with Crippen LogP contribution in [0.1, 0.15) is 17.0 Å². The van der Waals surface area contributed by atoms with Crippen molar-refractivity contribution in [3.8, 4) is 0 Å². The zero-order valence-corrected chi connectivity index (χ0v) is 9.44. The van der Waals surface area contributed by atoms with Crippen LogP contribution in [-0.4, -0.2) is 25.1 Å². The third kappa shape index (κ3) is 2.12. The van der Waals surface area contributed by atoms with Gasteiger partial charge in [-0.3, -0.25) is 0 Å². The molecule has 1 aliphatic heterocycles. The molecular formula is C12H17NS. The number of nitrogens with one attached hydrogen (secondary N) is 1. The lowest BCUT2D eigenvalue weighted by Crippen LogP contribution is -2.19. The van der Waals surface area contributed by atoms with Crippen LogP contribution in [0.2, 0.25) is 0 Å². The molecule has 0 spiro atoms. The molecule has 2 rings (SSSR count). The van der Waals surface area contributed by atoms with Gasteiger partial charge >= 0.3 is 0 Å². The minimum atomic E-state index is 0.827. The zero-order valence-electron chi connectivity index (χ0n) is 8.62. The van der Waals surface area contributed by atoms with E-state index in [1.807, 2.05) is 7.05 Å². The minimum Gasteiger partial charge on any atom is -0.319 e. The Morgan fingerprint density at radius 1 is 1.36 bits per heavy atom. The van der Waals surface area contributed by atoms with Gasteiger partial charge in [-0.25, -0.2) is 0 Å². The average Bonchev–Trinajstić information content (AvgIpc) is 2.14. The molecule has 0 aromatic heterocycles. The van der Waals surface area contributed by atoms with E-state index in [0.717, 1.165) is 18.9 Å². The van der Waals surface area contributed by atoms with Gasteiger partial charge in [-0.15, -0.1) is 0 Å². The first-order chi connectivity index (χ1) is 6.92. The number of benzene rings is 1. The molecule has 1 nitrogen and oxygen atoms in total. The van der Waals surface area contributed by atoms with Crippen molar-refractivity contribution in [3.05, 3.63) is 35.4 Å². The van der Waals surface area contributed by atoms with Gasteiger partial charge in [-0.2, -0.15) is 11.8 Å². The van der Waals surface area contributed by atoms with Crippen LogP contribution in [0.15, 0.2) is 24.3 Å². The molecule has 1 aliphatic rings. The number of hydrogen-bond donors (Lipinski definition) is 1. The summed E-state index contributed by atoms with van der Waals surface area (Å²) in [6.07, 6.45) is 1.16. The van der Waals surface area contributed by atoms with E-state index in [9.17, 15) is 0 Å². The molecule has 0 unspecified atom stereocenters. The maximum absolute atomic E-state index is 3.21. The van der Waals surface area contributed by atoms with Crippen molar-refractivity contribution in [2.45, 2.75) is 12.3 Å². The molecular weight excluding hydrogens is 190 g/mol. The van der Waals surface area contributed by atoms with Gasteiger partial charge in [-0.1, -0.05) is 24.3 Å². The Balaban J connectivity index is 2.11. The van der Waals surface area contributed by atoms with E-state index < -0.39 is 0 Å². The normalized spacial score (nSPS) is 16.6. The first-order valence-corrected chi connectivity index (χ1v) is 6.37. The largest absolute Gasteiger partial charge is 0.319 e. The van der Waals surface area contributed by atoms with Crippen molar-refractivity contribution in [3.63, 3.8) is 0 Å². The summed E-state index contributed by atoms with van der Waals surface area (Å²) in [5.41, 5.74) is 3.12. The highest BCUT2D eigenvalue weighted by Gasteiger charge is 2.21. The first kappa shape index (κ1) is 10.1. The number of hydrogen-bond acceptors (Lipinski definition) is 2. The molecule has 0 atom stereocenters. The highest BCUT2D eigenvalue weighted by atomic mass is 32.2. The van der Waals surface area contributed by atoms with Crippen LogP contribution >= 0.6 is 11.8 Å². The Kier molecular flexibility index (Phi) is 3.49. The van der Waals surface area contributed by atoms with E-state index in [1.54, 1.807) is 5.56 Å². The fourth-order valence-corrected chi connectivity index (χ4v) is 2.67. The Morgan fingerprint density at radius 2 is 2.14 bits per heavy atom. The molecule has 1 aromatic carbocycles. The molecule has 1 heterocycles. The third-order valence-corrected chi connectivity index (χ3v) is 4.05. The molecule has 0 amide bonds. The summed E-state index contributed by atoms with van der Waals surface area (Å²) in [6.45, 7) is 1.08. The average molecular weight is 207 g/mol. The van der Waals surface area contributed by atoms with Gasteiger partial charge in [0.25, 0.3) is 0 Å². The second-order valence-electron chi connectivity index (χ2n) is 3.79. The maximum atomic E-state index is 3.21. The summed E-state index contributed by atoms with van der Waals surface area (Å²) in [5, 5.41) is 3.21. The van der Waals surface area contributed by atoms with Gasteiger partial charge in [0.1, 0.15) is 0 Å². The Bertz CT molecular complexity index is 294. The SMILES string of the molecule is CNCCc1ccccc1C1CSC1. The standard InChI is InChI=1S/C12H17NS/c1-13-7-6-10-4-2-3-5-12(10)11-8-14-9-11/h2-5,11,13H,6-9H2,1H3. The lowest BCUT2D eigenvalue weighted by Gasteiger charge is -2.27. The Labute approximate surface area is 90.3 Å². The number of rotatable bonds is 4. The molecule has 0 saturated carbocycles. The number of likely N-dealkylation sites (N-methyl/N-ethyl adjacent to an activating group) is 1. The summed E-state index contributed by atoms with van der Waals surface area (Å²) in [5.74, 6) is 3.46. The van der Waals surface area contributed by atoms with Crippen LogP contribution in [-0.2, 0) is 6.42 Å². The van der Waals surface area contributed by atoms with E-state index in [-0.39, 0.29) is 0 Å². The molecule has 2 heteroatoms. The van der Waals surface area contributed by atoms with Gasteiger partial charge in [0.2, 0.25) is 0 Å². The zero-order chi connectivity index (χ0) is 9.80. The Morgan fingerprint density at radius 3 is 2.79 bits per heavy atom. The minimum absolute atomic E-state index is 0.827. The Hall–Kier alpha value is -0.470. The quantitative estimate of drug-likeness (QED) is 0.813. The van der Waals surface area contributed by atoms with Crippen LogP contribution < -0.4 is 5.32 Å². The summed E-state index contributed by atoms with van der Waals surface area (Å²) in [7, 11) is 2.02. The van der Waals surface area contributed by atoms with Gasteiger partial charge in [0.15, 0.2) is 0 Å². The van der Waals surface area contributed by atoms with Gasteiger partial charge in [-0.05, 0) is 31.1 Å². The smallest absolute Gasteiger partial charge is 0.00225 e. The van der Waals surface area contributed by atoms with E-state index in [2.05, 4.69) is 41.3 Å². The van der Waals surface area contributed by atoms with E-state index in [0.29, 0.717) is 0 Å². The third-order valence-electron chi connectivity index (χ3n) is 2.78. The molecule has 0 radical (unpaired) electrons. The van der Waals surface area contributed by atoms with E-state index >= 15 is 0 Å². The van der Waals surface area contributed by atoms with E-state index in [4.69, 9.17) is 0 Å². The second kappa shape index (κ2) is 4.85. The highest BCUT2D eigenvalue weighted by molar-refractivity contribution is 8.00. The van der Waals surface area contributed by atoms with Crippen molar-refractivity contribution < 1.29 is 0 Å². The van der Waals surface area contributed by atoms with Crippen molar-refractivity contribution in [1.29, 1.82) is 0 Å². The highest BCUT2D eigenvalue weighted by Crippen LogP contribution is 2.35. The summed E-state index contributed by atoms with van der Waals surface area (Å²) >= 11 is 2.06. The molecule has 1 aromatic rings. The second-order valence-corrected chi connectivity index (χ2v) is 4.86. The molecule has 1 fully saturated rings. The van der Waals surface area contributed by atoms with Gasteiger partial charge in [0, 0.05) is 17.4 Å². The molecule has 1 saturated heterocycles. The van der Waals surface area contributed by atoms with Crippen molar-refractivity contribution >= 4 is 11.8 Å². The molecule has 0 aliphatic carbocycles. The fourth-order valence-electron chi connectivity index (χ4n) is 1.84. The molecule has 1 N–H and O–H groups in total. The van der Waals surface area contributed by atoms with Crippen LogP contribution in [0, 0.1) is 0 Å². The summed E-state index contributed by atoms with van der Waals surface area (Å²) in [4.78, 5) is 0. The van der Waals surface area contributed by atoms with Crippen LogP contribution in [0.3, 0.4) is 0 Å². The molecule has 0 bridgehead atoms. The van der Waals surface area contributed by atoms with Gasteiger partial charge < -0.3 is 5.32 Å². The van der Waals surface area contributed by atoms with Gasteiger partial charge in [0.05, 0.1) is 0 Å². The maximum Gasteiger partial charge on any atom is 0.00225 e. The molecule has 14 heavy (non-hydrogen) atoms. The van der Waals surface area contributed by atoms with Crippen molar-refractivity contribution in [1.82, 2.24) is 5.32 Å². The fraction of sp³-hybridized carbons (Fsp3) is 0.500. The predicted molar refractivity (Wildman–Crippen MR) is 64.1 cm³/mol. The summed E-state index contributed by atoms with van der Waals surface area (Å²) < 4.78 is 0. The first-order valence-electron chi connectivity index (χ1n) is 5.22. The number of thioether (sulfide) groups is 1. The van der Waals surface area contributed by atoms with Crippen LogP contribution in [0.4, 0.5) is 0 Å². The lowest BCUT2D eigenvalue weighted by atomic mass is 9.94. The summed E-state index contributed by atoms with van der Waals surface area (Å²) in [6, 6.07) is 8.90. The topological polar surface area (TPSA) is 12.0 Å². The van der Waals surface area contributed by atoms with Crippen molar-refractivity contribution in [2.24, 2.45) is 0 Å². The lowest BCUT2D eigenvalue weighted by molar-refractivity contribution is 0.765. The van der Waals surface area contributed by atoms with Crippen molar-refractivity contribution in [2.75, 3.05) is 25.1 Å². The monoisotopic (exact) mass is 207 g/mol. The van der Waals surface area contributed by atoms with Crippen LogP contribution in [0.5, 0.6) is 0 Å². The molecule has 76 valence electrons.